The Bertz CT molecular complexity index is 510. The molecule has 0 spiro atoms. The maximum Gasteiger partial charge on any atom is 0.255 e. The van der Waals surface area contributed by atoms with Gasteiger partial charge in [-0.3, -0.25) is 10.1 Å². The average Bonchev–Trinajstić information content (AvgIpc) is 2.97. The maximum absolute atomic E-state index is 11.8. The second-order valence-corrected chi connectivity index (χ2v) is 4.09. The quantitative estimate of drug-likeness (QED) is 0.826. The van der Waals surface area contributed by atoms with Gasteiger partial charge in [-0.15, -0.1) is 0 Å². The van der Waals surface area contributed by atoms with Gasteiger partial charge in [0.25, 0.3) is 5.91 Å². The van der Waals surface area contributed by atoms with Crippen LogP contribution in [0.15, 0.2) is 24.3 Å². The van der Waals surface area contributed by atoms with Crippen molar-refractivity contribution in [3.8, 4) is 0 Å². The molecule has 1 atom stereocenters. The van der Waals surface area contributed by atoms with Gasteiger partial charge in [-0.05, 0) is 25.0 Å². The Hall–Kier alpha value is -1.88. The summed E-state index contributed by atoms with van der Waals surface area (Å²) in [6.45, 7) is 0.665. The molecule has 17 heavy (non-hydrogen) atoms. The van der Waals surface area contributed by atoms with Crippen LogP contribution in [-0.4, -0.2) is 28.6 Å². The summed E-state index contributed by atoms with van der Waals surface area (Å²) in [7, 11) is 0. The zero-order valence-electron chi connectivity index (χ0n) is 9.27. The number of aromatic amines is 1. The number of anilines is 1. The molecular formula is C12H13N3O2. The lowest BCUT2D eigenvalue weighted by Gasteiger charge is -2.07. The number of ether oxygens (including phenoxy) is 1. The first-order chi connectivity index (χ1) is 8.33. The topological polar surface area (TPSA) is 67.0 Å². The summed E-state index contributed by atoms with van der Waals surface area (Å²) in [6.07, 6.45) is 1.40. The highest BCUT2D eigenvalue weighted by atomic mass is 16.5. The zero-order valence-corrected chi connectivity index (χ0v) is 9.27. The fourth-order valence-electron chi connectivity index (χ4n) is 1.99. The number of fused-ring (bicyclic) bond motifs is 1. The SMILES string of the molecule is O=C(Nc1nc2ccccc2[nH]1)[C@@H]1CCCO1. The minimum atomic E-state index is -0.330. The van der Waals surface area contributed by atoms with E-state index in [0.29, 0.717) is 12.6 Å². The standard InChI is InChI=1S/C12H13N3O2/c16-11(10-6-3-7-17-10)15-12-13-8-4-1-2-5-9(8)14-12/h1-2,4-5,10H,3,6-7H2,(H2,13,14,15,16)/t10-/m0/s1. The van der Waals surface area contributed by atoms with Crippen LogP contribution in [0.5, 0.6) is 0 Å². The molecule has 1 amide bonds. The number of amides is 1. The van der Waals surface area contributed by atoms with E-state index < -0.39 is 0 Å². The normalized spacial score (nSPS) is 19.6. The van der Waals surface area contributed by atoms with E-state index in [0.717, 1.165) is 23.9 Å². The number of aromatic nitrogens is 2. The van der Waals surface area contributed by atoms with Crippen LogP contribution in [0.2, 0.25) is 0 Å². The third-order valence-corrected chi connectivity index (χ3v) is 2.85. The highest BCUT2D eigenvalue weighted by Gasteiger charge is 2.24. The van der Waals surface area contributed by atoms with E-state index in [1.165, 1.54) is 0 Å². The fraction of sp³-hybridized carbons (Fsp3) is 0.333. The van der Waals surface area contributed by atoms with E-state index in [1.54, 1.807) is 0 Å². The summed E-state index contributed by atoms with van der Waals surface area (Å²) in [4.78, 5) is 19.1. The Balaban J connectivity index is 1.77. The molecule has 2 heterocycles. The first-order valence-corrected chi connectivity index (χ1v) is 5.70. The number of hydrogen-bond donors (Lipinski definition) is 2. The number of hydrogen-bond acceptors (Lipinski definition) is 3. The molecule has 0 aliphatic carbocycles. The number of nitrogens with zero attached hydrogens (tertiary/aromatic N) is 1. The first kappa shape index (κ1) is 10.3. The van der Waals surface area contributed by atoms with Crippen LogP contribution < -0.4 is 5.32 Å². The number of nitrogens with one attached hydrogen (secondary N) is 2. The van der Waals surface area contributed by atoms with Crippen LogP contribution in [0, 0.1) is 0 Å². The number of carbonyl (C=O) groups is 1. The van der Waals surface area contributed by atoms with Gasteiger partial charge >= 0.3 is 0 Å². The number of imidazole rings is 1. The molecule has 1 fully saturated rings. The molecule has 0 bridgehead atoms. The largest absolute Gasteiger partial charge is 0.368 e. The number of para-hydroxylation sites is 2. The van der Waals surface area contributed by atoms with Gasteiger partial charge in [-0.1, -0.05) is 12.1 Å². The van der Waals surface area contributed by atoms with Crippen LogP contribution in [0.1, 0.15) is 12.8 Å². The van der Waals surface area contributed by atoms with Crippen molar-refractivity contribution in [2.75, 3.05) is 11.9 Å². The lowest BCUT2D eigenvalue weighted by atomic mass is 10.2. The maximum atomic E-state index is 11.8. The molecule has 1 aromatic heterocycles. The van der Waals surface area contributed by atoms with Crippen LogP contribution in [0.3, 0.4) is 0 Å². The van der Waals surface area contributed by atoms with Crippen LogP contribution in [0.25, 0.3) is 11.0 Å². The van der Waals surface area contributed by atoms with Crippen molar-refractivity contribution >= 4 is 22.9 Å². The Morgan fingerprint density at radius 1 is 1.47 bits per heavy atom. The van der Waals surface area contributed by atoms with Gasteiger partial charge in [0.05, 0.1) is 11.0 Å². The predicted molar refractivity (Wildman–Crippen MR) is 63.7 cm³/mol. The van der Waals surface area contributed by atoms with E-state index in [9.17, 15) is 4.79 Å². The Labute approximate surface area is 98.2 Å². The van der Waals surface area contributed by atoms with Crippen molar-refractivity contribution in [2.45, 2.75) is 18.9 Å². The summed E-state index contributed by atoms with van der Waals surface area (Å²) in [5.74, 6) is 0.355. The minimum Gasteiger partial charge on any atom is -0.368 e. The smallest absolute Gasteiger partial charge is 0.255 e. The summed E-state index contributed by atoms with van der Waals surface area (Å²) in [6, 6.07) is 7.65. The molecule has 3 rings (SSSR count). The highest BCUT2D eigenvalue weighted by molar-refractivity contribution is 5.94. The minimum absolute atomic E-state index is 0.124. The summed E-state index contributed by atoms with van der Waals surface area (Å²) < 4.78 is 5.31. The van der Waals surface area contributed by atoms with Crippen molar-refractivity contribution in [1.29, 1.82) is 0 Å². The lowest BCUT2D eigenvalue weighted by Crippen LogP contribution is -2.27. The summed E-state index contributed by atoms with van der Waals surface area (Å²) >= 11 is 0. The van der Waals surface area contributed by atoms with Crippen molar-refractivity contribution in [1.82, 2.24) is 9.97 Å². The zero-order chi connectivity index (χ0) is 11.7. The van der Waals surface area contributed by atoms with E-state index in [4.69, 9.17) is 4.74 Å². The van der Waals surface area contributed by atoms with Crippen molar-refractivity contribution < 1.29 is 9.53 Å². The molecule has 0 saturated carbocycles. The van der Waals surface area contributed by atoms with E-state index >= 15 is 0 Å². The third-order valence-electron chi connectivity index (χ3n) is 2.85. The molecule has 1 aromatic carbocycles. The number of rotatable bonds is 2. The molecular weight excluding hydrogens is 218 g/mol. The van der Waals surface area contributed by atoms with E-state index in [1.807, 2.05) is 24.3 Å². The molecule has 0 unspecified atom stereocenters. The first-order valence-electron chi connectivity index (χ1n) is 5.70. The van der Waals surface area contributed by atoms with Crippen LogP contribution in [-0.2, 0) is 9.53 Å². The molecule has 88 valence electrons. The van der Waals surface area contributed by atoms with E-state index in [-0.39, 0.29) is 12.0 Å². The number of carbonyl (C=O) groups excluding carboxylic acids is 1. The van der Waals surface area contributed by atoms with Crippen LogP contribution in [0.4, 0.5) is 5.95 Å². The van der Waals surface area contributed by atoms with Crippen molar-refractivity contribution in [3.63, 3.8) is 0 Å². The molecule has 5 heteroatoms. The average molecular weight is 231 g/mol. The van der Waals surface area contributed by atoms with Gasteiger partial charge in [-0.2, -0.15) is 0 Å². The Morgan fingerprint density at radius 2 is 2.35 bits per heavy atom. The number of H-pyrrole nitrogens is 1. The summed E-state index contributed by atoms with van der Waals surface area (Å²) in [5, 5.41) is 2.74. The molecule has 2 N–H and O–H groups in total. The molecule has 1 aliphatic heterocycles. The van der Waals surface area contributed by atoms with Crippen molar-refractivity contribution in [2.24, 2.45) is 0 Å². The van der Waals surface area contributed by atoms with Crippen molar-refractivity contribution in [3.05, 3.63) is 24.3 Å². The Kier molecular flexibility index (Phi) is 2.53. The second kappa shape index (κ2) is 4.18. The Morgan fingerprint density at radius 3 is 3.12 bits per heavy atom. The molecule has 1 aliphatic rings. The second-order valence-electron chi connectivity index (χ2n) is 4.09. The van der Waals surface area contributed by atoms with E-state index in [2.05, 4.69) is 15.3 Å². The third kappa shape index (κ3) is 2.01. The molecule has 0 radical (unpaired) electrons. The van der Waals surface area contributed by atoms with Gasteiger partial charge in [0.15, 0.2) is 0 Å². The predicted octanol–water partition coefficient (Wildman–Crippen LogP) is 1.68. The fourth-order valence-corrected chi connectivity index (χ4v) is 1.99. The van der Waals surface area contributed by atoms with Gasteiger partial charge in [0.2, 0.25) is 5.95 Å². The van der Waals surface area contributed by atoms with Gasteiger partial charge in [0, 0.05) is 6.61 Å². The molecule has 5 nitrogen and oxygen atoms in total. The molecule has 1 saturated heterocycles. The lowest BCUT2D eigenvalue weighted by molar-refractivity contribution is -0.124. The summed E-state index contributed by atoms with van der Waals surface area (Å²) in [5.41, 5.74) is 1.75. The van der Waals surface area contributed by atoms with Gasteiger partial charge in [-0.25, -0.2) is 4.98 Å². The highest BCUT2D eigenvalue weighted by Crippen LogP contribution is 2.16. The van der Waals surface area contributed by atoms with Crippen LogP contribution >= 0.6 is 0 Å². The monoisotopic (exact) mass is 231 g/mol. The number of benzene rings is 1. The van der Waals surface area contributed by atoms with Gasteiger partial charge < -0.3 is 9.72 Å². The molecule has 2 aromatic rings. The van der Waals surface area contributed by atoms with Gasteiger partial charge in [0.1, 0.15) is 6.10 Å².